The number of methoxy groups -OCH3 is 1. The summed E-state index contributed by atoms with van der Waals surface area (Å²) >= 11 is 0. The molecule has 2 fully saturated rings. The number of carbonyl (C=O) groups is 1. The lowest BCUT2D eigenvalue weighted by Gasteiger charge is -2.35. The van der Waals surface area contributed by atoms with Gasteiger partial charge in [-0.1, -0.05) is 18.2 Å². The zero-order chi connectivity index (χ0) is 18.2. The molecule has 144 valence electrons. The first-order valence-corrected chi connectivity index (χ1v) is 9.99. The van der Waals surface area contributed by atoms with Gasteiger partial charge in [-0.2, -0.15) is 0 Å². The molecule has 0 atom stereocenters. The van der Waals surface area contributed by atoms with E-state index in [1.807, 2.05) is 18.2 Å². The van der Waals surface area contributed by atoms with Crippen LogP contribution in [0.4, 0.5) is 0 Å². The van der Waals surface area contributed by atoms with Crippen molar-refractivity contribution in [2.24, 2.45) is 0 Å². The van der Waals surface area contributed by atoms with Crippen LogP contribution in [0.3, 0.4) is 0 Å². The number of benzene rings is 1. The number of para-hydroxylation sites is 1. The summed E-state index contributed by atoms with van der Waals surface area (Å²) in [5.74, 6) is 1.14. The van der Waals surface area contributed by atoms with Crippen molar-refractivity contribution in [2.75, 3.05) is 46.5 Å². The van der Waals surface area contributed by atoms with Crippen LogP contribution in [0, 0.1) is 0 Å². The maximum Gasteiger partial charge on any atom is 0.223 e. The number of aryl methyl sites for hydroxylation is 1. The van der Waals surface area contributed by atoms with Crippen LogP contribution < -0.4 is 4.74 Å². The van der Waals surface area contributed by atoms with E-state index in [1.54, 1.807) is 7.11 Å². The smallest absolute Gasteiger partial charge is 0.223 e. The number of likely N-dealkylation sites (tertiary alicyclic amines) is 1. The largest absolute Gasteiger partial charge is 0.496 e. The maximum atomic E-state index is 13.0. The second-order valence-corrected chi connectivity index (χ2v) is 7.29. The van der Waals surface area contributed by atoms with E-state index in [4.69, 9.17) is 9.47 Å². The zero-order valence-electron chi connectivity index (χ0n) is 16.0. The Morgan fingerprint density at radius 3 is 2.69 bits per heavy atom. The normalized spacial score (nSPS) is 18.8. The molecule has 2 aliphatic rings. The molecule has 1 aromatic carbocycles. The molecule has 1 aromatic rings. The van der Waals surface area contributed by atoms with E-state index in [1.165, 1.54) is 25.9 Å². The van der Waals surface area contributed by atoms with Crippen LogP contribution in [0.5, 0.6) is 5.75 Å². The lowest BCUT2D eigenvalue weighted by atomic mass is 10.0. The van der Waals surface area contributed by atoms with Crippen LogP contribution in [-0.2, 0) is 16.0 Å². The number of carbonyl (C=O) groups excluding carboxylic acids is 1. The molecule has 0 unspecified atom stereocenters. The summed E-state index contributed by atoms with van der Waals surface area (Å²) in [5, 5.41) is 0. The minimum atomic E-state index is 0.266. The summed E-state index contributed by atoms with van der Waals surface area (Å²) in [4.78, 5) is 17.7. The summed E-state index contributed by atoms with van der Waals surface area (Å²) in [7, 11) is 1.69. The summed E-state index contributed by atoms with van der Waals surface area (Å²) in [5.41, 5.74) is 1.11. The van der Waals surface area contributed by atoms with Gasteiger partial charge in [0, 0.05) is 38.8 Å². The van der Waals surface area contributed by atoms with Gasteiger partial charge in [0.25, 0.3) is 0 Å². The second-order valence-electron chi connectivity index (χ2n) is 7.29. The number of hydrogen-bond donors (Lipinski definition) is 0. The van der Waals surface area contributed by atoms with Gasteiger partial charge < -0.3 is 19.3 Å². The fourth-order valence-corrected chi connectivity index (χ4v) is 4.06. The molecule has 3 rings (SSSR count). The van der Waals surface area contributed by atoms with Gasteiger partial charge in [-0.3, -0.25) is 4.79 Å². The Labute approximate surface area is 157 Å². The fraction of sp³-hybridized carbons (Fsp3) is 0.667. The predicted octanol–water partition coefficient (Wildman–Crippen LogP) is 2.73. The molecule has 2 saturated heterocycles. The molecule has 0 aromatic heterocycles. The number of amides is 1. The van der Waals surface area contributed by atoms with Gasteiger partial charge in [0.1, 0.15) is 5.75 Å². The highest BCUT2D eigenvalue weighted by molar-refractivity contribution is 5.77. The monoisotopic (exact) mass is 360 g/mol. The van der Waals surface area contributed by atoms with E-state index < -0.39 is 0 Å². The first-order chi connectivity index (χ1) is 12.8. The number of hydrogen-bond acceptors (Lipinski definition) is 4. The van der Waals surface area contributed by atoms with E-state index in [2.05, 4.69) is 15.9 Å². The molecular formula is C21H32N2O3. The van der Waals surface area contributed by atoms with Gasteiger partial charge in [-0.15, -0.1) is 0 Å². The van der Waals surface area contributed by atoms with Crippen molar-refractivity contribution in [3.63, 3.8) is 0 Å². The van der Waals surface area contributed by atoms with Crippen LogP contribution in [0.1, 0.15) is 37.7 Å². The summed E-state index contributed by atoms with van der Waals surface area (Å²) in [6.07, 6.45) is 5.77. The molecule has 0 bridgehead atoms. The topological polar surface area (TPSA) is 42.0 Å². The van der Waals surface area contributed by atoms with E-state index in [0.29, 0.717) is 12.5 Å². The van der Waals surface area contributed by atoms with E-state index in [9.17, 15) is 4.79 Å². The molecule has 2 aliphatic heterocycles. The van der Waals surface area contributed by atoms with Crippen molar-refractivity contribution in [2.45, 2.75) is 44.6 Å². The van der Waals surface area contributed by atoms with Crippen molar-refractivity contribution >= 4 is 5.91 Å². The van der Waals surface area contributed by atoms with Gasteiger partial charge >= 0.3 is 0 Å². The van der Waals surface area contributed by atoms with Gasteiger partial charge in [0.05, 0.1) is 7.11 Å². The molecule has 0 aliphatic carbocycles. The summed E-state index contributed by atoms with van der Waals surface area (Å²) < 4.78 is 10.9. The van der Waals surface area contributed by atoms with Gasteiger partial charge in [0.15, 0.2) is 0 Å². The van der Waals surface area contributed by atoms with Crippen molar-refractivity contribution in [1.29, 1.82) is 0 Å². The molecular weight excluding hydrogens is 328 g/mol. The number of rotatable bonds is 8. The van der Waals surface area contributed by atoms with Crippen LogP contribution in [-0.4, -0.2) is 68.3 Å². The molecule has 2 heterocycles. The SMILES string of the molecule is COc1ccccc1CCC(=O)N(CCN1CCCC1)C1CCOCC1. The first-order valence-electron chi connectivity index (χ1n) is 9.99. The zero-order valence-corrected chi connectivity index (χ0v) is 16.0. The van der Waals surface area contributed by atoms with Crippen LogP contribution in [0.15, 0.2) is 24.3 Å². The fourth-order valence-electron chi connectivity index (χ4n) is 4.06. The van der Waals surface area contributed by atoms with E-state index in [0.717, 1.165) is 56.9 Å². The lowest BCUT2D eigenvalue weighted by Crippen LogP contribution is -2.46. The average molecular weight is 360 g/mol. The average Bonchev–Trinajstić information content (AvgIpc) is 3.21. The number of ether oxygens (including phenoxy) is 2. The maximum absolute atomic E-state index is 13.0. The third-order valence-electron chi connectivity index (χ3n) is 5.61. The predicted molar refractivity (Wildman–Crippen MR) is 103 cm³/mol. The Morgan fingerprint density at radius 1 is 1.23 bits per heavy atom. The third-order valence-corrected chi connectivity index (χ3v) is 5.61. The first kappa shape index (κ1) is 19.2. The number of nitrogens with zero attached hydrogens (tertiary/aromatic N) is 2. The van der Waals surface area contributed by atoms with Crippen molar-refractivity contribution < 1.29 is 14.3 Å². The van der Waals surface area contributed by atoms with Crippen LogP contribution >= 0.6 is 0 Å². The van der Waals surface area contributed by atoms with Gasteiger partial charge in [-0.05, 0) is 56.8 Å². The van der Waals surface area contributed by atoms with Crippen molar-refractivity contribution in [3.05, 3.63) is 29.8 Å². The lowest BCUT2D eigenvalue weighted by molar-refractivity contribution is -0.135. The Hall–Kier alpha value is -1.59. The van der Waals surface area contributed by atoms with Crippen molar-refractivity contribution in [3.8, 4) is 5.75 Å². The highest BCUT2D eigenvalue weighted by atomic mass is 16.5. The van der Waals surface area contributed by atoms with E-state index >= 15 is 0 Å². The van der Waals surface area contributed by atoms with Crippen molar-refractivity contribution in [1.82, 2.24) is 9.80 Å². The Kier molecular flexibility index (Phi) is 7.32. The molecule has 5 heteroatoms. The molecule has 26 heavy (non-hydrogen) atoms. The van der Waals surface area contributed by atoms with Crippen LogP contribution in [0.25, 0.3) is 0 Å². The third kappa shape index (κ3) is 5.21. The molecule has 0 spiro atoms. The highest BCUT2D eigenvalue weighted by Crippen LogP contribution is 2.21. The minimum Gasteiger partial charge on any atom is -0.496 e. The standard InChI is InChI=1S/C21H32N2O3/c1-25-20-7-3-2-6-18(20)8-9-21(24)23(19-10-16-26-17-11-19)15-14-22-12-4-5-13-22/h2-3,6-7,19H,4-5,8-17H2,1H3. The summed E-state index contributed by atoms with van der Waals surface area (Å²) in [6, 6.07) is 8.32. The molecule has 0 radical (unpaired) electrons. The quantitative estimate of drug-likeness (QED) is 0.715. The Balaban J connectivity index is 1.59. The minimum absolute atomic E-state index is 0.266. The molecule has 5 nitrogen and oxygen atoms in total. The van der Waals surface area contributed by atoms with Gasteiger partial charge in [-0.25, -0.2) is 0 Å². The second kappa shape index (κ2) is 9.93. The van der Waals surface area contributed by atoms with Crippen LogP contribution in [0.2, 0.25) is 0 Å². The Bertz CT molecular complexity index is 566. The van der Waals surface area contributed by atoms with E-state index in [-0.39, 0.29) is 5.91 Å². The summed E-state index contributed by atoms with van der Waals surface area (Å²) in [6.45, 7) is 5.73. The Morgan fingerprint density at radius 2 is 1.96 bits per heavy atom. The van der Waals surface area contributed by atoms with Gasteiger partial charge in [0.2, 0.25) is 5.91 Å². The highest BCUT2D eigenvalue weighted by Gasteiger charge is 2.26. The molecule has 1 amide bonds. The molecule has 0 saturated carbocycles. The molecule has 0 N–H and O–H groups in total.